The van der Waals surface area contributed by atoms with Gasteiger partial charge in [0.05, 0.1) is 24.5 Å². The Morgan fingerprint density at radius 3 is 2.69 bits per heavy atom. The first-order valence-corrected chi connectivity index (χ1v) is 8.48. The number of non-ortho nitro benzene ring substituents is 1. The number of hydrogen-bond acceptors (Lipinski definition) is 7. The predicted octanol–water partition coefficient (Wildman–Crippen LogP) is 3.54. The first kappa shape index (κ1) is 19.6. The van der Waals surface area contributed by atoms with Gasteiger partial charge in [0.1, 0.15) is 18.1 Å². The number of carbonyl (C=O) groups is 1. The van der Waals surface area contributed by atoms with Gasteiger partial charge in [0.15, 0.2) is 5.76 Å². The number of methoxy groups -OCH3 is 1. The highest BCUT2D eigenvalue weighted by Gasteiger charge is 2.09. The van der Waals surface area contributed by atoms with Crippen molar-refractivity contribution in [2.75, 3.05) is 7.11 Å². The Labute approximate surface area is 165 Å². The second-order valence-corrected chi connectivity index (χ2v) is 5.79. The van der Waals surface area contributed by atoms with Crippen molar-refractivity contribution in [1.82, 2.24) is 5.43 Å². The highest BCUT2D eigenvalue weighted by molar-refractivity contribution is 5.92. The Kier molecular flexibility index (Phi) is 6.21. The van der Waals surface area contributed by atoms with E-state index < -0.39 is 10.8 Å². The maximum absolute atomic E-state index is 11.8. The molecule has 148 valence electrons. The van der Waals surface area contributed by atoms with Crippen LogP contribution in [0.1, 0.15) is 21.7 Å². The summed E-state index contributed by atoms with van der Waals surface area (Å²) in [6.07, 6.45) is 2.88. The van der Waals surface area contributed by atoms with E-state index in [0.717, 1.165) is 5.56 Å². The third kappa shape index (κ3) is 5.19. The minimum atomic E-state index is -0.472. The van der Waals surface area contributed by atoms with Crippen LogP contribution in [0.5, 0.6) is 11.5 Å². The van der Waals surface area contributed by atoms with Gasteiger partial charge in [-0.15, -0.1) is 0 Å². The molecule has 0 fully saturated rings. The number of nitrogens with one attached hydrogen (secondary N) is 1. The monoisotopic (exact) mass is 395 g/mol. The van der Waals surface area contributed by atoms with Crippen LogP contribution in [0.4, 0.5) is 5.69 Å². The maximum atomic E-state index is 11.8. The first-order valence-electron chi connectivity index (χ1n) is 8.48. The van der Waals surface area contributed by atoms with Gasteiger partial charge in [-0.25, -0.2) is 5.43 Å². The van der Waals surface area contributed by atoms with Gasteiger partial charge >= 0.3 is 5.91 Å². The van der Waals surface area contributed by atoms with Crippen LogP contribution in [-0.4, -0.2) is 24.2 Å². The van der Waals surface area contributed by atoms with Crippen LogP contribution in [0.3, 0.4) is 0 Å². The summed E-state index contributed by atoms with van der Waals surface area (Å²) in [7, 11) is 1.54. The Morgan fingerprint density at radius 1 is 1.24 bits per heavy atom. The zero-order valence-corrected chi connectivity index (χ0v) is 15.4. The first-order chi connectivity index (χ1) is 14.1. The number of hydrogen-bond donors (Lipinski definition) is 1. The van der Waals surface area contributed by atoms with Crippen molar-refractivity contribution in [3.63, 3.8) is 0 Å². The summed E-state index contributed by atoms with van der Waals surface area (Å²) in [6, 6.07) is 14.3. The van der Waals surface area contributed by atoms with Gasteiger partial charge in [0, 0.05) is 17.7 Å². The average Bonchev–Trinajstić information content (AvgIpc) is 3.27. The molecule has 0 radical (unpaired) electrons. The highest BCUT2D eigenvalue weighted by Crippen LogP contribution is 2.23. The van der Waals surface area contributed by atoms with E-state index in [1.807, 2.05) is 0 Å². The minimum absolute atomic E-state index is 0.00950. The Balaban J connectivity index is 1.65. The molecule has 9 nitrogen and oxygen atoms in total. The smallest absolute Gasteiger partial charge is 0.307 e. The van der Waals surface area contributed by atoms with Crippen LogP contribution < -0.4 is 14.9 Å². The Morgan fingerprint density at radius 2 is 2.03 bits per heavy atom. The maximum Gasteiger partial charge on any atom is 0.307 e. The SMILES string of the molecule is COc1ccc(C=NNC(=O)c2ccco2)cc1COc1ccc([N+](=O)[O-])cc1. The molecule has 1 N–H and O–H groups in total. The Bertz CT molecular complexity index is 1010. The molecule has 0 unspecified atom stereocenters. The van der Waals surface area contributed by atoms with Gasteiger partial charge in [-0.1, -0.05) is 0 Å². The highest BCUT2D eigenvalue weighted by atomic mass is 16.6. The lowest BCUT2D eigenvalue weighted by Gasteiger charge is -2.11. The van der Waals surface area contributed by atoms with E-state index in [1.54, 1.807) is 31.4 Å². The molecule has 0 saturated carbocycles. The zero-order valence-electron chi connectivity index (χ0n) is 15.4. The van der Waals surface area contributed by atoms with Gasteiger partial charge in [0.2, 0.25) is 0 Å². The van der Waals surface area contributed by atoms with Crippen LogP contribution in [-0.2, 0) is 6.61 Å². The number of nitro groups is 1. The standard InChI is InChI=1S/C20H17N3O6/c1-27-18-9-4-14(12-21-22-20(24)19-3-2-10-28-19)11-15(18)13-29-17-7-5-16(6-8-17)23(25)26/h2-12H,13H2,1H3,(H,22,24). The fourth-order valence-electron chi connectivity index (χ4n) is 2.45. The molecule has 1 heterocycles. The fourth-order valence-corrected chi connectivity index (χ4v) is 2.45. The largest absolute Gasteiger partial charge is 0.496 e. The molecule has 0 aliphatic heterocycles. The molecule has 29 heavy (non-hydrogen) atoms. The molecule has 3 rings (SSSR count). The van der Waals surface area contributed by atoms with E-state index in [-0.39, 0.29) is 18.1 Å². The number of rotatable bonds is 8. The normalized spacial score (nSPS) is 10.7. The number of amides is 1. The van der Waals surface area contributed by atoms with E-state index in [1.165, 1.54) is 42.8 Å². The van der Waals surface area contributed by atoms with E-state index in [4.69, 9.17) is 13.9 Å². The summed E-state index contributed by atoms with van der Waals surface area (Å²) in [5, 5.41) is 14.6. The molecular weight excluding hydrogens is 378 g/mol. The summed E-state index contributed by atoms with van der Waals surface area (Å²) in [5.41, 5.74) is 3.82. The third-order valence-electron chi connectivity index (χ3n) is 3.87. The number of ether oxygens (including phenoxy) is 2. The molecule has 0 spiro atoms. The van der Waals surface area contributed by atoms with Crippen molar-refractivity contribution < 1.29 is 23.6 Å². The van der Waals surface area contributed by atoms with Crippen molar-refractivity contribution in [2.45, 2.75) is 6.61 Å². The van der Waals surface area contributed by atoms with Gasteiger partial charge in [0.25, 0.3) is 5.69 Å². The fraction of sp³-hybridized carbons (Fsp3) is 0.100. The topological polar surface area (TPSA) is 116 Å². The molecule has 0 aliphatic rings. The summed E-state index contributed by atoms with van der Waals surface area (Å²) in [6.45, 7) is 0.182. The van der Waals surface area contributed by atoms with Crippen molar-refractivity contribution in [1.29, 1.82) is 0 Å². The van der Waals surface area contributed by atoms with Crippen LogP contribution in [0, 0.1) is 10.1 Å². The van der Waals surface area contributed by atoms with Gasteiger partial charge in [-0.2, -0.15) is 5.10 Å². The lowest BCUT2D eigenvalue weighted by molar-refractivity contribution is -0.384. The van der Waals surface area contributed by atoms with Crippen molar-refractivity contribution in [3.05, 3.63) is 87.9 Å². The number of hydrazone groups is 1. The summed E-state index contributed by atoms with van der Waals surface area (Å²) in [4.78, 5) is 22.0. The number of nitro benzene ring substituents is 1. The molecule has 2 aromatic carbocycles. The molecule has 3 aromatic rings. The van der Waals surface area contributed by atoms with Crippen LogP contribution in [0.2, 0.25) is 0 Å². The molecule has 1 aromatic heterocycles. The van der Waals surface area contributed by atoms with E-state index in [0.29, 0.717) is 17.1 Å². The van der Waals surface area contributed by atoms with E-state index >= 15 is 0 Å². The van der Waals surface area contributed by atoms with Crippen LogP contribution >= 0.6 is 0 Å². The average molecular weight is 395 g/mol. The summed E-state index contributed by atoms with van der Waals surface area (Å²) in [5.74, 6) is 0.807. The molecule has 0 atom stereocenters. The third-order valence-corrected chi connectivity index (χ3v) is 3.87. The zero-order chi connectivity index (χ0) is 20.6. The second kappa shape index (κ2) is 9.18. The predicted molar refractivity (Wildman–Crippen MR) is 104 cm³/mol. The molecule has 0 saturated heterocycles. The number of nitrogens with zero attached hydrogens (tertiary/aromatic N) is 2. The van der Waals surface area contributed by atoms with E-state index in [9.17, 15) is 14.9 Å². The van der Waals surface area contributed by atoms with Crippen molar-refractivity contribution in [3.8, 4) is 11.5 Å². The van der Waals surface area contributed by atoms with Crippen LogP contribution in [0.15, 0.2) is 70.4 Å². The number of carbonyl (C=O) groups excluding carboxylic acids is 1. The lowest BCUT2D eigenvalue weighted by Crippen LogP contribution is -2.16. The van der Waals surface area contributed by atoms with Gasteiger partial charge in [-0.3, -0.25) is 14.9 Å². The molecule has 9 heteroatoms. The quantitative estimate of drug-likeness (QED) is 0.354. The van der Waals surface area contributed by atoms with Gasteiger partial charge < -0.3 is 13.9 Å². The number of benzene rings is 2. The number of furan rings is 1. The molecule has 0 bridgehead atoms. The molecule has 0 aliphatic carbocycles. The van der Waals surface area contributed by atoms with E-state index in [2.05, 4.69) is 10.5 Å². The molecule has 1 amide bonds. The Hall–Kier alpha value is -4.14. The van der Waals surface area contributed by atoms with Crippen LogP contribution in [0.25, 0.3) is 0 Å². The molecular formula is C20H17N3O6. The minimum Gasteiger partial charge on any atom is -0.496 e. The van der Waals surface area contributed by atoms with Crippen molar-refractivity contribution >= 4 is 17.8 Å². The second-order valence-electron chi connectivity index (χ2n) is 5.79. The van der Waals surface area contributed by atoms with Gasteiger partial charge in [-0.05, 0) is 48.0 Å². The summed E-state index contributed by atoms with van der Waals surface area (Å²) < 4.78 is 16.0. The summed E-state index contributed by atoms with van der Waals surface area (Å²) >= 11 is 0. The van der Waals surface area contributed by atoms with Crippen molar-refractivity contribution in [2.24, 2.45) is 5.10 Å². The lowest BCUT2D eigenvalue weighted by atomic mass is 10.1.